The van der Waals surface area contributed by atoms with Crippen molar-refractivity contribution in [1.82, 2.24) is 23.8 Å². The Balaban J connectivity index is 1.77. The van der Waals surface area contributed by atoms with Gasteiger partial charge in [-0.1, -0.05) is 0 Å². The van der Waals surface area contributed by atoms with Crippen LogP contribution in [0.1, 0.15) is 11.5 Å². The molecule has 8 nitrogen and oxygen atoms in total. The van der Waals surface area contributed by atoms with E-state index in [-0.39, 0.29) is 43.0 Å². The van der Waals surface area contributed by atoms with Crippen LogP contribution in [-0.2, 0) is 23.2 Å². The summed E-state index contributed by atoms with van der Waals surface area (Å²) in [5.74, 6) is 0.150. The summed E-state index contributed by atoms with van der Waals surface area (Å²) in [6.45, 7) is 2.08. The molecule has 2 aromatic rings. The minimum atomic E-state index is -4.56. The highest BCUT2D eigenvalue weighted by Crippen LogP contribution is 2.30. The van der Waals surface area contributed by atoms with E-state index in [0.717, 1.165) is 6.07 Å². The maximum Gasteiger partial charge on any atom is 0.433 e. The van der Waals surface area contributed by atoms with Crippen molar-refractivity contribution in [3.8, 4) is 0 Å². The van der Waals surface area contributed by atoms with E-state index in [1.54, 1.807) is 11.9 Å². The smallest absolute Gasteiger partial charge is 0.354 e. The number of hydrogen-bond acceptors (Lipinski definition) is 6. The first kappa shape index (κ1) is 18.6. The summed E-state index contributed by atoms with van der Waals surface area (Å²) in [5.41, 5.74) is -1.01. The largest absolute Gasteiger partial charge is 0.433 e. The molecule has 0 atom stereocenters. The number of halogens is 3. The number of sulfonamides is 1. The average Bonchev–Trinajstić information content (AvgIpc) is 3.00. The summed E-state index contributed by atoms with van der Waals surface area (Å²) in [6.07, 6.45) is -1.64. The summed E-state index contributed by atoms with van der Waals surface area (Å²) in [4.78, 5) is 13.0. The highest BCUT2D eigenvalue weighted by molar-refractivity contribution is 7.89. The third-order valence-corrected chi connectivity index (χ3v) is 5.92. The predicted octanol–water partition coefficient (Wildman–Crippen LogP) is 1.05. The van der Waals surface area contributed by atoms with Gasteiger partial charge in [-0.3, -0.25) is 0 Å². The molecule has 0 bridgehead atoms. The SMILES string of the molecule is Cc1nc(N2CCN(S(=O)(=O)c3nccn3C)CC2)cc(C(F)(F)F)n1. The number of piperazine rings is 1. The first-order valence-electron chi connectivity index (χ1n) is 7.74. The lowest BCUT2D eigenvalue weighted by molar-refractivity contribution is -0.141. The second-order valence-corrected chi connectivity index (χ2v) is 7.70. The number of rotatable bonds is 3. The Morgan fingerprint density at radius 1 is 1.12 bits per heavy atom. The Labute approximate surface area is 148 Å². The quantitative estimate of drug-likeness (QED) is 0.779. The van der Waals surface area contributed by atoms with Crippen LogP contribution in [0.3, 0.4) is 0 Å². The second kappa shape index (κ2) is 6.50. The van der Waals surface area contributed by atoms with E-state index in [9.17, 15) is 21.6 Å². The van der Waals surface area contributed by atoms with Crippen LogP contribution in [0.2, 0.25) is 0 Å². The standard InChI is InChI=1S/C14H17F3N6O2S/c1-10-19-11(14(15,16)17)9-12(20-10)22-5-7-23(8-6-22)26(24,25)13-18-3-4-21(13)2/h3-4,9H,5-8H2,1-2H3. The van der Waals surface area contributed by atoms with Crippen molar-refractivity contribution in [2.24, 2.45) is 7.05 Å². The average molecular weight is 390 g/mol. The van der Waals surface area contributed by atoms with Crippen molar-refractivity contribution in [3.05, 3.63) is 30.0 Å². The van der Waals surface area contributed by atoms with E-state index in [0.29, 0.717) is 0 Å². The highest BCUT2D eigenvalue weighted by atomic mass is 32.2. The lowest BCUT2D eigenvalue weighted by atomic mass is 10.3. The highest BCUT2D eigenvalue weighted by Gasteiger charge is 2.35. The van der Waals surface area contributed by atoms with Gasteiger partial charge in [0.25, 0.3) is 10.0 Å². The van der Waals surface area contributed by atoms with Crippen LogP contribution < -0.4 is 4.90 Å². The van der Waals surface area contributed by atoms with Crippen molar-refractivity contribution in [1.29, 1.82) is 0 Å². The van der Waals surface area contributed by atoms with E-state index in [2.05, 4.69) is 15.0 Å². The molecule has 12 heteroatoms. The van der Waals surface area contributed by atoms with Crippen molar-refractivity contribution in [2.75, 3.05) is 31.1 Å². The minimum Gasteiger partial charge on any atom is -0.354 e. The summed E-state index contributed by atoms with van der Waals surface area (Å²) in [6, 6.07) is 0.885. The Kier molecular flexibility index (Phi) is 4.65. The zero-order chi connectivity index (χ0) is 19.1. The number of aryl methyl sites for hydroxylation is 2. The third-order valence-electron chi connectivity index (χ3n) is 4.03. The molecule has 0 N–H and O–H groups in total. The first-order valence-corrected chi connectivity index (χ1v) is 9.18. The van der Waals surface area contributed by atoms with Crippen LogP contribution in [0.15, 0.2) is 23.6 Å². The number of anilines is 1. The van der Waals surface area contributed by atoms with E-state index < -0.39 is 21.9 Å². The molecular formula is C14H17F3N6O2S. The van der Waals surface area contributed by atoms with Gasteiger partial charge in [-0.2, -0.15) is 17.5 Å². The van der Waals surface area contributed by atoms with Gasteiger partial charge in [-0.05, 0) is 6.92 Å². The Morgan fingerprint density at radius 2 is 1.77 bits per heavy atom. The van der Waals surface area contributed by atoms with Crippen LogP contribution >= 0.6 is 0 Å². The van der Waals surface area contributed by atoms with E-state index >= 15 is 0 Å². The number of hydrogen-bond donors (Lipinski definition) is 0. The van der Waals surface area contributed by atoms with Gasteiger partial charge in [0.2, 0.25) is 5.16 Å². The topological polar surface area (TPSA) is 84.2 Å². The lowest BCUT2D eigenvalue weighted by Crippen LogP contribution is -2.49. The molecule has 1 saturated heterocycles. The molecule has 0 aromatic carbocycles. The van der Waals surface area contributed by atoms with Crippen LogP contribution in [-0.4, -0.2) is 58.4 Å². The molecule has 1 aliphatic rings. The van der Waals surface area contributed by atoms with Crippen molar-refractivity contribution in [2.45, 2.75) is 18.3 Å². The maximum atomic E-state index is 12.9. The van der Waals surface area contributed by atoms with Gasteiger partial charge in [0, 0.05) is 51.7 Å². The summed E-state index contributed by atoms with van der Waals surface area (Å²) in [7, 11) is -2.17. The number of nitrogens with zero attached hydrogens (tertiary/aromatic N) is 6. The molecule has 0 radical (unpaired) electrons. The molecule has 26 heavy (non-hydrogen) atoms. The molecule has 3 heterocycles. The van der Waals surface area contributed by atoms with Crippen LogP contribution in [0.4, 0.5) is 19.0 Å². The molecule has 142 valence electrons. The fourth-order valence-corrected chi connectivity index (χ4v) is 4.23. The zero-order valence-electron chi connectivity index (χ0n) is 14.1. The van der Waals surface area contributed by atoms with E-state index in [1.165, 1.54) is 28.2 Å². The first-order chi connectivity index (χ1) is 12.1. The number of aromatic nitrogens is 4. The predicted molar refractivity (Wildman–Crippen MR) is 86.0 cm³/mol. The number of alkyl halides is 3. The van der Waals surface area contributed by atoms with Gasteiger partial charge in [-0.15, -0.1) is 0 Å². The molecule has 0 unspecified atom stereocenters. The van der Waals surface area contributed by atoms with E-state index in [1.807, 2.05) is 0 Å². The molecule has 0 amide bonds. The number of imidazole rings is 1. The minimum absolute atomic E-state index is 0.0119. The molecular weight excluding hydrogens is 373 g/mol. The Hall–Kier alpha value is -2.21. The summed E-state index contributed by atoms with van der Waals surface area (Å²) < 4.78 is 66.6. The van der Waals surface area contributed by atoms with E-state index in [4.69, 9.17) is 0 Å². The fraction of sp³-hybridized carbons (Fsp3) is 0.500. The summed E-state index contributed by atoms with van der Waals surface area (Å²) in [5, 5.41) is -0.0665. The summed E-state index contributed by atoms with van der Waals surface area (Å²) >= 11 is 0. The molecule has 0 aliphatic carbocycles. The lowest BCUT2D eigenvalue weighted by Gasteiger charge is -2.34. The molecule has 0 saturated carbocycles. The maximum absolute atomic E-state index is 12.9. The van der Waals surface area contributed by atoms with Gasteiger partial charge in [-0.25, -0.2) is 23.4 Å². The van der Waals surface area contributed by atoms with Crippen molar-refractivity contribution in [3.63, 3.8) is 0 Å². The molecule has 1 fully saturated rings. The van der Waals surface area contributed by atoms with Gasteiger partial charge in [0.15, 0.2) is 0 Å². The van der Waals surface area contributed by atoms with Crippen molar-refractivity contribution < 1.29 is 21.6 Å². The zero-order valence-corrected chi connectivity index (χ0v) is 14.9. The van der Waals surface area contributed by atoms with Gasteiger partial charge in [0.1, 0.15) is 17.3 Å². The van der Waals surface area contributed by atoms with Gasteiger partial charge >= 0.3 is 6.18 Å². The second-order valence-electron chi connectivity index (χ2n) is 5.87. The van der Waals surface area contributed by atoms with Gasteiger partial charge < -0.3 is 9.47 Å². The molecule has 3 rings (SSSR count). The Morgan fingerprint density at radius 3 is 2.31 bits per heavy atom. The molecule has 2 aromatic heterocycles. The Bertz CT molecular complexity index is 904. The normalized spacial score (nSPS) is 16.9. The van der Waals surface area contributed by atoms with Crippen LogP contribution in [0.5, 0.6) is 0 Å². The van der Waals surface area contributed by atoms with Crippen LogP contribution in [0, 0.1) is 6.92 Å². The fourth-order valence-electron chi connectivity index (χ4n) is 2.73. The van der Waals surface area contributed by atoms with Crippen LogP contribution in [0.25, 0.3) is 0 Å². The molecule has 1 aliphatic heterocycles. The van der Waals surface area contributed by atoms with Gasteiger partial charge in [0.05, 0.1) is 0 Å². The monoisotopic (exact) mass is 390 g/mol. The third kappa shape index (κ3) is 3.51. The molecule has 0 spiro atoms. The van der Waals surface area contributed by atoms with Crippen molar-refractivity contribution >= 4 is 15.8 Å².